The van der Waals surface area contributed by atoms with Crippen LogP contribution in [0, 0.1) is 0 Å². The topological polar surface area (TPSA) is 79.2 Å². The molecule has 162 valence electrons. The standard InChI is InChI=1S/C24H25N7O/c1-17(32)30-13-15-31(16-14-30)19-9-7-18(8-10-19)26-24-25-12-11-21(27-24)23-20-5-3-4-6-22(20)29(2)28-23/h3-12H,13-16H2,1-2H3,(H,25,26,27). The molecule has 1 saturated heterocycles. The number of anilines is 3. The number of aryl methyl sites for hydroxylation is 1. The van der Waals surface area contributed by atoms with Gasteiger partial charge < -0.3 is 15.1 Å². The van der Waals surface area contributed by atoms with Crippen LogP contribution in [0.1, 0.15) is 6.92 Å². The third kappa shape index (κ3) is 3.87. The first-order chi connectivity index (χ1) is 15.6. The first-order valence-electron chi connectivity index (χ1n) is 10.7. The van der Waals surface area contributed by atoms with Crippen LogP contribution >= 0.6 is 0 Å². The number of nitrogens with one attached hydrogen (secondary N) is 1. The number of rotatable bonds is 4. The number of benzene rings is 2. The van der Waals surface area contributed by atoms with Gasteiger partial charge in [-0.15, -0.1) is 0 Å². The molecular weight excluding hydrogens is 402 g/mol. The van der Waals surface area contributed by atoms with Gasteiger partial charge in [0.05, 0.1) is 11.2 Å². The zero-order valence-electron chi connectivity index (χ0n) is 18.2. The number of hydrogen-bond donors (Lipinski definition) is 1. The minimum atomic E-state index is 0.144. The fourth-order valence-electron chi connectivity index (χ4n) is 4.12. The molecule has 0 unspecified atom stereocenters. The Kier molecular flexibility index (Phi) is 5.18. The third-order valence-corrected chi connectivity index (χ3v) is 5.87. The van der Waals surface area contributed by atoms with E-state index in [0.29, 0.717) is 5.95 Å². The number of aromatic nitrogens is 4. The van der Waals surface area contributed by atoms with Crippen LogP contribution in [0.3, 0.4) is 0 Å². The first kappa shape index (κ1) is 20.0. The van der Waals surface area contributed by atoms with Crippen LogP contribution in [0.25, 0.3) is 22.3 Å². The number of hydrogen-bond acceptors (Lipinski definition) is 6. The summed E-state index contributed by atoms with van der Waals surface area (Å²) in [5.74, 6) is 0.671. The molecule has 0 spiro atoms. The second kappa shape index (κ2) is 8.30. The second-order valence-electron chi connectivity index (χ2n) is 7.92. The van der Waals surface area contributed by atoms with Gasteiger partial charge in [0, 0.05) is 63.1 Å². The lowest BCUT2D eigenvalue weighted by atomic mass is 10.1. The van der Waals surface area contributed by atoms with Crippen molar-refractivity contribution in [1.29, 1.82) is 0 Å². The summed E-state index contributed by atoms with van der Waals surface area (Å²) in [6, 6.07) is 18.2. The van der Waals surface area contributed by atoms with Gasteiger partial charge in [-0.25, -0.2) is 9.97 Å². The fraction of sp³-hybridized carbons (Fsp3) is 0.250. The smallest absolute Gasteiger partial charge is 0.227 e. The molecule has 0 saturated carbocycles. The monoisotopic (exact) mass is 427 g/mol. The largest absolute Gasteiger partial charge is 0.368 e. The quantitative estimate of drug-likeness (QED) is 0.538. The molecule has 0 aliphatic carbocycles. The molecule has 0 atom stereocenters. The van der Waals surface area contributed by atoms with Crippen LogP contribution in [0.5, 0.6) is 0 Å². The number of amides is 1. The van der Waals surface area contributed by atoms with Crippen LogP contribution < -0.4 is 10.2 Å². The summed E-state index contributed by atoms with van der Waals surface area (Å²) in [5.41, 5.74) is 4.75. The molecule has 32 heavy (non-hydrogen) atoms. The second-order valence-corrected chi connectivity index (χ2v) is 7.92. The minimum absolute atomic E-state index is 0.144. The Morgan fingerprint density at radius 1 is 0.969 bits per heavy atom. The van der Waals surface area contributed by atoms with E-state index in [-0.39, 0.29) is 5.91 Å². The van der Waals surface area contributed by atoms with Crippen molar-refractivity contribution < 1.29 is 4.79 Å². The zero-order valence-corrected chi connectivity index (χ0v) is 18.2. The van der Waals surface area contributed by atoms with Crippen LogP contribution in [0.2, 0.25) is 0 Å². The van der Waals surface area contributed by atoms with Crippen molar-refractivity contribution in [3.05, 3.63) is 60.8 Å². The third-order valence-electron chi connectivity index (χ3n) is 5.87. The normalized spacial score (nSPS) is 14.1. The van der Waals surface area contributed by atoms with E-state index in [9.17, 15) is 4.79 Å². The van der Waals surface area contributed by atoms with Gasteiger partial charge in [0.2, 0.25) is 11.9 Å². The summed E-state index contributed by atoms with van der Waals surface area (Å²) in [7, 11) is 1.94. The van der Waals surface area contributed by atoms with Gasteiger partial charge in [0.15, 0.2) is 0 Å². The molecule has 2 aromatic heterocycles. The van der Waals surface area contributed by atoms with Crippen molar-refractivity contribution in [1.82, 2.24) is 24.6 Å². The van der Waals surface area contributed by atoms with Crippen molar-refractivity contribution in [2.24, 2.45) is 7.05 Å². The Morgan fingerprint density at radius 3 is 2.47 bits per heavy atom. The Labute approximate surface area is 186 Å². The average Bonchev–Trinajstić information content (AvgIpc) is 3.17. The van der Waals surface area contributed by atoms with E-state index in [1.54, 1.807) is 13.1 Å². The molecule has 1 aliphatic heterocycles. The Hall–Kier alpha value is -3.94. The van der Waals surface area contributed by atoms with E-state index in [4.69, 9.17) is 4.98 Å². The Balaban J connectivity index is 1.31. The SMILES string of the molecule is CC(=O)N1CCN(c2ccc(Nc3nccc(-c4nn(C)c5ccccc45)n3)cc2)CC1. The van der Waals surface area contributed by atoms with Crippen molar-refractivity contribution in [3.63, 3.8) is 0 Å². The van der Waals surface area contributed by atoms with Crippen LogP contribution in [0.15, 0.2) is 60.8 Å². The van der Waals surface area contributed by atoms with Crippen LogP contribution in [-0.2, 0) is 11.8 Å². The maximum Gasteiger partial charge on any atom is 0.227 e. The maximum atomic E-state index is 11.5. The molecule has 0 bridgehead atoms. The molecule has 1 aliphatic rings. The molecule has 5 rings (SSSR count). The number of carbonyl (C=O) groups excluding carboxylic acids is 1. The van der Waals surface area contributed by atoms with Gasteiger partial charge in [-0.2, -0.15) is 5.10 Å². The lowest BCUT2D eigenvalue weighted by Gasteiger charge is -2.35. The predicted molar refractivity (Wildman–Crippen MR) is 126 cm³/mol. The van der Waals surface area contributed by atoms with Crippen molar-refractivity contribution >= 4 is 34.1 Å². The number of piperazine rings is 1. The van der Waals surface area contributed by atoms with Crippen LogP contribution in [0.4, 0.5) is 17.3 Å². The van der Waals surface area contributed by atoms with Gasteiger partial charge in [-0.05, 0) is 36.4 Å². The maximum absolute atomic E-state index is 11.5. The molecule has 4 aromatic rings. The number of fused-ring (bicyclic) bond motifs is 1. The van der Waals surface area contributed by atoms with E-state index >= 15 is 0 Å². The lowest BCUT2D eigenvalue weighted by Crippen LogP contribution is -2.48. The highest BCUT2D eigenvalue weighted by molar-refractivity contribution is 5.92. The molecule has 1 N–H and O–H groups in total. The summed E-state index contributed by atoms with van der Waals surface area (Å²) < 4.78 is 1.87. The van der Waals surface area contributed by atoms with Gasteiger partial charge in [-0.1, -0.05) is 18.2 Å². The van der Waals surface area contributed by atoms with E-state index in [0.717, 1.165) is 59.8 Å². The van der Waals surface area contributed by atoms with Crippen molar-refractivity contribution in [2.45, 2.75) is 6.92 Å². The molecular formula is C24H25N7O. The van der Waals surface area contributed by atoms with E-state index in [1.165, 1.54) is 0 Å². The molecule has 2 aromatic carbocycles. The number of para-hydroxylation sites is 1. The van der Waals surface area contributed by atoms with Crippen molar-refractivity contribution in [3.8, 4) is 11.4 Å². The number of nitrogens with zero attached hydrogens (tertiary/aromatic N) is 6. The predicted octanol–water partition coefficient (Wildman–Crippen LogP) is 3.44. The average molecular weight is 428 g/mol. The van der Waals surface area contributed by atoms with E-state index in [1.807, 2.05) is 53.0 Å². The van der Waals surface area contributed by atoms with E-state index < -0.39 is 0 Å². The minimum Gasteiger partial charge on any atom is -0.368 e. The summed E-state index contributed by atoms with van der Waals surface area (Å²) in [5, 5.41) is 9.01. The first-order valence-corrected chi connectivity index (χ1v) is 10.7. The summed E-state index contributed by atoms with van der Waals surface area (Å²) >= 11 is 0. The van der Waals surface area contributed by atoms with Gasteiger partial charge in [0.25, 0.3) is 0 Å². The van der Waals surface area contributed by atoms with Gasteiger partial charge in [-0.3, -0.25) is 9.48 Å². The molecule has 1 fully saturated rings. The fourth-order valence-corrected chi connectivity index (χ4v) is 4.12. The Bertz CT molecular complexity index is 1260. The molecule has 8 heteroatoms. The summed E-state index contributed by atoms with van der Waals surface area (Å²) in [4.78, 5) is 24.8. The van der Waals surface area contributed by atoms with Crippen molar-refractivity contribution in [2.75, 3.05) is 36.4 Å². The van der Waals surface area contributed by atoms with Gasteiger partial charge in [0.1, 0.15) is 5.69 Å². The molecule has 8 nitrogen and oxygen atoms in total. The Morgan fingerprint density at radius 2 is 1.72 bits per heavy atom. The lowest BCUT2D eigenvalue weighted by molar-refractivity contribution is -0.129. The summed E-state index contributed by atoms with van der Waals surface area (Å²) in [6.07, 6.45) is 1.75. The highest BCUT2D eigenvalue weighted by atomic mass is 16.2. The van der Waals surface area contributed by atoms with Gasteiger partial charge >= 0.3 is 0 Å². The molecule has 0 radical (unpaired) electrons. The van der Waals surface area contributed by atoms with Crippen LogP contribution in [-0.4, -0.2) is 56.7 Å². The summed E-state index contributed by atoms with van der Waals surface area (Å²) in [6.45, 7) is 4.84. The zero-order chi connectivity index (χ0) is 22.1. The van der Waals surface area contributed by atoms with E-state index in [2.05, 4.69) is 38.5 Å². The number of carbonyl (C=O) groups is 1. The molecule has 1 amide bonds. The molecule has 3 heterocycles. The highest BCUT2D eigenvalue weighted by Crippen LogP contribution is 2.27. The highest BCUT2D eigenvalue weighted by Gasteiger charge is 2.18.